The molecule has 1 aromatic heterocycles. The van der Waals surface area contributed by atoms with E-state index in [9.17, 15) is 4.79 Å². The van der Waals surface area contributed by atoms with E-state index in [1.807, 2.05) is 56.3 Å². The fourth-order valence-electron chi connectivity index (χ4n) is 1.80. The molecule has 1 heterocycles. The van der Waals surface area contributed by atoms with Crippen molar-refractivity contribution >= 4 is 11.7 Å². The van der Waals surface area contributed by atoms with Crippen LogP contribution in [0.2, 0.25) is 0 Å². The van der Waals surface area contributed by atoms with E-state index >= 15 is 0 Å². The van der Waals surface area contributed by atoms with Crippen molar-refractivity contribution in [2.24, 2.45) is 0 Å². The van der Waals surface area contributed by atoms with E-state index in [-0.39, 0.29) is 5.91 Å². The summed E-state index contributed by atoms with van der Waals surface area (Å²) in [6.07, 6.45) is 1.72. The van der Waals surface area contributed by atoms with Gasteiger partial charge in [0, 0.05) is 6.20 Å². The minimum atomic E-state index is -0.529. The number of rotatable bonds is 5. The third-order valence-corrected chi connectivity index (χ3v) is 2.94. The van der Waals surface area contributed by atoms with Crippen LogP contribution in [-0.2, 0) is 4.79 Å². The predicted molar refractivity (Wildman–Crippen MR) is 78.8 cm³/mol. The molecule has 0 aliphatic rings. The first-order valence-electron chi connectivity index (χ1n) is 6.65. The number of nitrogens with one attached hydrogen (secondary N) is 1. The number of benzene rings is 1. The molecule has 20 heavy (non-hydrogen) atoms. The number of aryl methyl sites for hydroxylation is 1. The lowest BCUT2D eigenvalue weighted by molar-refractivity contribution is -0.122. The number of anilines is 1. The smallest absolute Gasteiger partial charge is 0.266 e. The number of hydrogen-bond acceptors (Lipinski definition) is 3. The Morgan fingerprint density at radius 3 is 2.65 bits per heavy atom. The highest BCUT2D eigenvalue weighted by Gasteiger charge is 2.19. The van der Waals surface area contributed by atoms with Crippen LogP contribution in [0.3, 0.4) is 0 Å². The zero-order valence-corrected chi connectivity index (χ0v) is 11.7. The number of ether oxygens (including phenoxy) is 1. The average molecular weight is 270 g/mol. The van der Waals surface area contributed by atoms with E-state index in [0.717, 1.165) is 5.56 Å². The number of hydrogen-bond donors (Lipinski definition) is 1. The van der Waals surface area contributed by atoms with Crippen molar-refractivity contribution in [2.75, 3.05) is 5.32 Å². The van der Waals surface area contributed by atoms with Gasteiger partial charge in [-0.1, -0.05) is 31.2 Å². The highest BCUT2D eigenvalue weighted by atomic mass is 16.5. The second-order valence-electron chi connectivity index (χ2n) is 4.49. The van der Waals surface area contributed by atoms with Gasteiger partial charge in [0.25, 0.3) is 5.91 Å². The minimum Gasteiger partial charge on any atom is -0.481 e. The van der Waals surface area contributed by atoms with Crippen molar-refractivity contribution in [1.82, 2.24) is 4.98 Å². The molecular formula is C16H18N2O2. The maximum atomic E-state index is 12.2. The third kappa shape index (κ3) is 3.57. The zero-order chi connectivity index (χ0) is 14.4. The monoisotopic (exact) mass is 270 g/mol. The summed E-state index contributed by atoms with van der Waals surface area (Å²) in [6, 6.07) is 13.1. The predicted octanol–water partition coefficient (Wildman–Crippen LogP) is 3.19. The summed E-state index contributed by atoms with van der Waals surface area (Å²) < 4.78 is 5.70. The van der Waals surface area contributed by atoms with Gasteiger partial charge in [0.2, 0.25) is 0 Å². The van der Waals surface area contributed by atoms with E-state index < -0.39 is 6.10 Å². The van der Waals surface area contributed by atoms with E-state index in [1.54, 1.807) is 6.20 Å². The first-order valence-corrected chi connectivity index (χ1v) is 6.65. The van der Waals surface area contributed by atoms with Gasteiger partial charge in [0.05, 0.1) is 0 Å². The Hall–Kier alpha value is -2.36. The molecule has 0 bridgehead atoms. The van der Waals surface area contributed by atoms with Crippen LogP contribution in [0.25, 0.3) is 0 Å². The summed E-state index contributed by atoms with van der Waals surface area (Å²) in [7, 11) is 0. The van der Waals surface area contributed by atoms with Gasteiger partial charge in [0.15, 0.2) is 6.10 Å². The molecule has 104 valence electrons. The SMILES string of the molecule is CCC(Oc1ccccc1)C(=O)Nc1ncccc1C. The quantitative estimate of drug-likeness (QED) is 0.907. The number of nitrogens with zero attached hydrogens (tertiary/aromatic N) is 1. The Labute approximate surface area is 118 Å². The third-order valence-electron chi connectivity index (χ3n) is 2.94. The number of aromatic nitrogens is 1. The highest BCUT2D eigenvalue weighted by molar-refractivity contribution is 5.94. The minimum absolute atomic E-state index is 0.182. The van der Waals surface area contributed by atoms with Gasteiger partial charge in [-0.25, -0.2) is 4.98 Å². The molecule has 0 aliphatic carbocycles. The number of amides is 1. The molecule has 0 spiro atoms. The summed E-state index contributed by atoms with van der Waals surface area (Å²) in [4.78, 5) is 16.4. The Morgan fingerprint density at radius 1 is 1.25 bits per heavy atom. The molecule has 1 amide bonds. The van der Waals surface area contributed by atoms with Crippen LogP contribution in [0.15, 0.2) is 48.7 Å². The fourth-order valence-corrected chi connectivity index (χ4v) is 1.80. The summed E-state index contributed by atoms with van der Waals surface area (Å²) in [5.74, 6) is 1.08. The fraction of sp³-hybridized carbons (Fsp3) is 0.250. The molecule has 2 aromatic rings. The number of pyridine rings is 1. The lowest BCUT2D eigenvalue weighted by atomic mass is 10.2. The molecule has 0 saturated carbocycles. The first kappa shape index (κ1) is 14.1. The van der Waals surface area contributed by atoms with Crippen LogP contribution >= 0.6 is 0 Å². The Morgan fingerprint density at radius 2 is 2.00 bits per heavy atom. The molecule has 1 atom stereocenters. The van der Waals surface area contributed by atoms with Crippen molar-refractivity contribution in [2.45, 2.75) is 26.4 Å². The standard InChI is InChI=1S/C16H18N2O2/c1-3-14(20-13-9-5-4-6-10-13)16(19)18-15-12(2)8-7-11-17-15/h4-11,14H,3H2,1-2H3,(H,17,18,19). The van der Waals surface area contributed by atoms with Crippen LogP contribution < -0.4 is 10.1 Å². The summed E-state index contributed by atoms with van der Waals surface area (Å²) >= 11 is 0. The van der Waals surface area contributed by atoms with Gasteiger partial charge in [-0.05, 0) is 37.1 Å². The van der Waals surface area contributed by atoms with Crippen LogP contribution in [-0.4, -0.2) is 17.0 Å². The number of para-hydroxylation sites is 1. The molecular weight excluding hydrogens is 252 g/mol. The van der Waals surface area contributed by atoms with Gasteiger partial charge in [0.1, 0.15) is 11.6 Å². The molecule has 4 heteroatoms. The summed E-state index contributed by atoms with van der Waals surface area (Å²) in [6.45, 7) is 3.82. The van der Waals surface area contributed by atoms with E-state index in [4.69, 9.17) is 4.74 Å². The van der Waals surface area contributed by atoms with Crippen molar-refractivity contribution in [3.05, 3.63) is 54.2 Å². The van der Waals surface area contributed by atoms with E-state index in [2.05, 4.69) is 10.3 Å². The molecule has 1 N–H and O–H groups in total. The Kier molecular flexibility index (Phi) is 4.71. The molecule has 1 unspecified atom stereocenters. The van der Waals surface area contributed by atoms with Crippen LogP contribution in [0.5, 0.6) is 5.75 Å². The van der Waals surface area contributed by atoms with Gasteiger partial charge >= 0.3 is 0 Å². The van der Waals surface area contributed by atoms with Gasteiger partial charge in [-0.2, -0.15) is 0 Å². The van der Waals surface area contributed by atoms with Crippen molar-refractivity contribution in [3.8, 4) is 5.75 Å². The van der Waals surface area contributed by atoms with Crippen molar-refractivity contribution < 1.29 is 9.53 Å². The maximum absolute atomic E-state index is 12.2. The van der Waals surface area contributed by atoms with Gasteiger partial charge in [-0.3, -0.25) is 4.79 Å². The topological polar surface area (TPSA) is 51.2 Å². The summed E-state index contributed by atoms with van der Waals surface area (Å²) in [5.41, 5.74) is 0.926. The second-order valence-corrected chi connectivity index (χ2v) is 4.49. The molecule has 4 nitrogen and oxygen atoms in total. The van der Waals surface area contributed by atoms with Gasteiger partial charge in [-0.15, -0.1) is 0 Å². The maximum Gasteiger partial charge on any atom is 0.266 e. The van der Waals surface area contributed by atoms with E-state index in [0.29, 0.717) is 18.0 Å². The lowest BCUT2D eigenvalue weighted by Gasteiger charge is -2.17. The van der Waals surface area contributed by atoms with Gasteiger partial charge < -0.3 is 10.1 Å². The number of carbonyl (C=O) groups excluding carboxylic acids is 1. The zero-order valence-electron chi connectivity index (χ0n) is 11.7. The number of carbonyl (C=O) groups is 1. The molecule has 0 aliphatic heterocycles. The molecule has 1 aromatic carbocycles. The normalized spacial score (nSPS) is 11.7. The Bertz CT molecular complexity index is 570. The first-order chi connectivity index (χ1) is 9.70. The molecule has 0 fully saturated rings. The molecule has 2 rings (SSSR count). The van der Waals surface area contributed by atoms with Crippen molar-refractivity contribution in [1.29, 1.82) is 0 Å². The van der Waals surface area contributed by atoms with Crippen LogP contribution in [0.4, 0.5) is 5.82 Å². The Balaban J connectivity index is 2.04. The second kappa shape index (κ2) is 6.70. The van der Waals surface area contributed by atoms with E-state index in [1.165, 1.54) is 0 Å². The average Bonchev–Trinajstić information content (AvgIpc) is 2.48. The molecule has 0 radical (unpaired) electrons. The van der Waals surface area contributed by atoms with Crippen molar-refractivity contribution in [3.63, 3.8) is 0 Å². The highest BCUT2D eigenvalue weighted by Crippen LogP contribution is 2.15. The lowest BCUT2D eigenvalue weighted by Crippen LogP contribution is -2.32. The van der Waals surface area contributed by atoms with Crippen LogP contribution in [0, 0.1) is 6.92 Å². The molecule has 0 saturated heterocycles. The largest absolute Gasteiger partial charge is 0.481 e. The summed E-state index contributed by atoms with van der Waals surface area (Å²) in [5, 5.41) is 2.81. The van der Waals surface area contributed by atoms with Crippen LogP contribution in [0.1, 0.15) is 18.9 Å².